The number of nitrogens with one attached hydrogen (secondary N) is 1. The molecule has 0 bridgehead atoms. The van der Waals surface area contributed by atoms with Crippen LogP contribution in [0.25, 0.3) is 0 Å². The summed E-state index contributed by atoms with van der Waals surface area (Å²) >= 11 is 0. The first-order valence-electron chi connectivity index (χ1n) is 4.66. The van der Waals surface area contributed by atoms with E-state index in [9.17, 15) is 4.39 Å². The summed E-state index contributed by atoms with van der Waals surface area (Å²) in [5, 5.41) is 1.55. The lowest BCUT2D eigenvalue weighted by atomic mass is 10.3. The topological polar surface area (TPSA) is 24.5 Å². The van der Waals surface area contributed by atoms with Crippen LogP contribution in [0.5, 0.6) is 0 Å². The van der Waals surface area contributed by atoms with Crippen molar-refractivity contribution in [1.29, 1.82) is 0 Å². The van der Waals surface area contributed by atoms with E-state index in [4.69, 9.17) is 4.74 Å². The molecule has 0 amide bonds. The van der Waals surface area contributed by atoms with Gasteiger partial charge >= 0.3 is 0 Å². The lowest BCUT2D eigenvalue weighted by molar-refractivity contribution is -0.0503. The highest BCUT2D eigenvalue weighted by Gasteiger charge is 2.21. The Bertz CT molecular complexity index is 281. The molecule has 1 unspecified atom stereocenters. The maximum absolute atomic E-state index is 13.3. The molecule has 1 aromatic rings. The molecule has 1 saturated heterocycles. The van der Waals surface area contributed by atoms with Crippen LogP contribution in [0.15, 0.2) is 30.3 Å². The van der Waals surface area contributed by atoms with Gasteiger partial charge in [0.15, 0.2) is 6.30 Å². The summed E-state index contributed by atoms with van der Waals surface area (Å²) in [6, 6.07) is 9.56. The van der Waals surface area contributed by atoms with Gasteiger partial charge in [-0.1, -0.05) is 18.2 Å². The van der Waals surface area contributed by atoms with E-state index < -0.39 is 6.30 Å². The van der Waals surface area contributed by atoms with Crippen LogP contribution in [0.1, 0.15) is 0 Å². The fourth-order valence-corrected chi connectivity index (χ4v) is 1.38. The number of nitrogens with zero attached hydrogens (tertiary/aromatic N) is 1. The van der Waals surface area contributed by atoms with Crippen molar-refractivity contribution in [3.63, 3.8) is 0 Å². The molecule has 1 N–H and O–H groups in total. The fraction of sp³-hybridized carbons (Fsp3) is 0.400. The fourth-order valence-electron chi connectivity index (χ4n) is 1.38. The number of hydrogen-bond donors (Lipinski definition) is 1. The van der Waals surface area contributed by atoms with Crippen molar-refractivity contribution in [2.24, 2.45) is 0 Å². The van der Waals surface area contributed by atoms with Gasteiger partial charge in [-0.2, -0.15) is 5.01 Å². The van der Waals surface area contributed by atoms with E-state index in [0.29, 0.717) is 13.2 Å². The Labute approximate surface area is 82.4 Å². The third-order valence-electron chi connectivity index (χ3n) is 2.12. The van der Waals surface area contributed by atoms with Gasteiger partial charge in [-0.25, -0.2) is 4.39 Å². The zero-order valence-electron chi connectivity index (χ0n) is 7.82. The van der Waals surface area contributed by atoms with Crippen LogP contribution in [0, 0.1) is 0 Å². The number of hydrogen-bond acceptors (Lipinski definition) is 3. The highest BCUT2D eigenvalue weighted by molar-refractivity contribution is 5.41. The lowest BCUT2D eigenvalue weighted by Gasteiger charge is -2.31. The number of rotatable bonds is 2. The Morgan fingerprint density at radius 1 is 1.36 bits per heavy atom. The van der Waals surface area contributed by atoms with Crippen molar-refractivity contribution in [3.05, 3.63) is 30.3 Å². The number of alkyl halides is 1. The van der Waals surface area contributed by atoms with Crippen LogP contribution in [0.4, 0.5) is 10.1 Å². The van der Waals surface area contributed by atoms with Crippen molar-refractivity contribution in [3.8, 4) is 0 Å². The third kappa shape index (κ3) is 2.21. The zero-order chi connectivity index (χ0) is 9.80. The summed E-state index contributed by atoms with van der Waals surface area (Å²) in [6.45, 7) is 1.27. The molecule has 76 valence electrons. The van der Waals surface area contributed by atoms with Crippen molar-refractivity contribution in [1.82, 2.24) is 5.01 Å². The van der Waals surface area contributed by atoms with Crippen molar-refractivity contribution < 1.29 is 9.13 Å². The van der Waals surface area contributed by atoms with Gasteiger partial charge in [-0.15, -0.1) is 0 Å². The minimum absolute atomic E-state index is 0.139. The van der Waals surface area contributed by atoms with E-state index in [2.05, 4.69) is 5.43 Å². The van der Waals surface area contributed by atoms with E-state index in [0.717, 1.165) is 5.69 Å². The standard InChI is InChI=1S/C10H13FN2O/c11-10-8-14-7-6-13(10)12-9-4-2-1-3-5-9/h1-5,10,12H,6-8H2. The number of ether oxygens (including phenoxy) is 1. The molecule has 4 heteroatoms. The zero-order valence-corrected chi connectivity index (χ0v) is 7.82. The monoisotopic (exact) mass is 196 g/mol. The number of para-hydroxylation sites is 1. The smallest absolute Gasteiger partial charge is 0.193 e. The van der Waals surface area contributed by atoms with Crippen LogP contribution in [-0.4, -0.2) is 31.1 Å². The maximum Gasteiger partial charge on any atom is 0.193 e. The summed E-state index contributed by atoms with van der Waals surface area (Å²) in [4.78, 5) is 0. The number of anilines is 1. The second kappa shape index (κ2) is 4.39. The van der Waals surface area contributed by atoms with E-state index in [1.165, 1.54) is 0 Å². The predicted molar refractivity (Wildman–Crippen MR) is 52.5 cm³/mol. The number of halogens is 1. The van der Waals surface area contributed by atoms with Gasteiger partial charge in [0.05, 0.1) is 13.2 Å². The van der Waals surface area contributed by atoms with Crippen molar-refractivity contribution in [2.45, 2.75) is 6.30 Å². The summed E-state index contributed by atoms with van der Waals surface area (Å²) < 4.78 is 18.3. The van der Waals surface area contributed by atoms with E-state index in [-0.39, 0.29) is 6.61 Å². The molecule has 1 aliphatic heterocycles. The van der Waals surface area contributed by atoms with Crippen LogP contribution in [-0.2, 0) is 4.74 Å². The number of hydrazine groups is 1. The quantitative estimate of drug-likeness (QED) is 0.728. The van der Waals surface area contributed by atoms with E-state index in [1.807, 2.05) is 30.3 Å². The molecule has 1 fully saturated rings. The summed E-state index contributed by atoms with van der Waals surface area (Å²) in [5.41, 5.74) is 3.91. The second-order valence-corrected chi connectivity index (χ2v) is 3.18. The first-order chi connectivity index (χ1) is 6.86. The molecule has 2 rings (SSSR count). The molecule has 0 aromatic heterocycles. The van der Waals surface area contributed by atoms with Gasteiger partial charge in [0.1, 0.15) is 0 Å². The van der Waals surface area contributed by atoms with Crippen molar-refractivity contribution in [2.75, 3.05) is 25.2 Å². The molecule has 0 aliphatic carbocycles. The molecule has 1 atom stereocenters. The summed E-state index contributed by atoms with van der Waals surface area (Å²) in [6.07, 6.45) is -1.07. The third-order valence-corrected chi connectivity index (χ3v) is 2.12. The van der Waals surface area contributed by atoms with E-state index >= 15 is 0 Å². The van der Waals surface area contributed by atoms with Gasteiger partial charge in [0, 0.05) is 12.2 Å². The van der Waals surface area contributed by atoms with Gasteiger partial charge < -0.3 is 10.2 Å². The Hall–Kier alpha value is -1.13. The lowest BCUT2D eigenvalue weighted by Crippen LogP contribution is -2.46. The van der Waals surface area contributed by atoms with Gasteiger partial charge in [0.2, 0.25) is 0 Å². The molecular formula is C10H13FN2O. The summed E-state index contributed by atoms with van der Waals surface area (Å²) in [5.74, 6) is 0. The molecule has 0 saturated carbocycles. The van der Waals surface area contributed by atoms with Crippen LogP contribution in [0.2, 0.25) is 0 Å². The SMILES string of the molecule is FC1COCCN1Nc1ccccc1. The highest BCUT2D eigenvalue weighted by Crippen LogP contribution is 2.12. The Kier molecular flexibility index (Phi) is 2.96. The molecule has 1 heterocycles. The van der Waals surface area contributed by atoms with Crippen LogP contribution in [0.3, 0.4) is 0 Å². The largest absolute Gasteiger partial charge is 0.376 e. The maximum atomic E-state index is 13.3. The molecule has 0 radical (unpaired) electrons. The van der Waals surface area contributed by atoms with Gasteiger partial charge in [0.25, 0.3) is 0 Å². The molecular weight excluding hydrogens is 183 g/mol. The number of benzene rings is 1. The van der Waals surface area contributed by atoms with E-state index in [1.54, 1.807) is 5.01 Å². The first kappa shape index (κ1) is 9.43. The van der Waals surface area contributed by atoms with Gasteiger partial charge in [-0.3, -0.25) is 0 Å². The van der Waals surface area contributed by atoms with Gasteiger partial charge in [-0.05, 0) is 12.1 Å². The molecule has 14 heavy (non-hydrogen) atoms. The van der Waals surface area contributed by atoms with Crippen molar-refractivity contribution >= 4 is 5.69 Å². The Morgan fingerprint density at radius 3 is 2.86 bits per heavy atom. The first-order valence-corrected chi connectivity index (χ1v) is 4.66. The average molecular weight is 196 g/mol. The molecule has 3 nitrogen and oxygen atoms in total. The van der Waals surface area contributed by atoms with Crippen LogP contribution < -0.4 is 5.43 Å². The number of morpholine rings is 1. The minimum Gasteiger partial charge on any atom is -0.376 e. The predicted octanol–water partition coefficient (Wildman–Crippen LogP) is 1.64. The average Bonchev–Trinajstić information content (AvgIpc) is 2.23. The van der Waals surface area contributed by atoms with Crippen LogP contribution >= 0.6 is 0 Å². The Balaban J connectivity index is 1.96. The Morgan fingerprint density at radius 2 is 2.14 bits per heavy atom. The molecule has 1 aliphatic rings. The second-order valence-electron chi connectivity index (χ2n) is 3.18. The summed E-state index contributed by atoms with van der Waals surface area (Å²) in [7, 11) is 0. The normalized spacial score (nSPS) is 23.4. The molecule has 0 spiro atoms. The molecule has 1 aromatic carbocycles. The minimum atomic E-state index is -1.07. The highest BCUT2D eigenvalue weighted by atomic mass is 19.1.